The van der Waals surface area contributed by atoms with Gasteiger partial charge in [-0.3, -0.25) is 4.79 Å². The van der Waals surface area contributed by atoms with Crippen LogP contribution in [0.4, 0.5) is 0 Å². The van der Waals surface area contributed by atoms with Gasteiger partial charge in [-0.05, 0) is 56.0 Å². The second-order valence-corrected chi connectivity index (χ2v) is 6.28. The summed E-state index contributed by atoms with van der Waals surface area (Å²) in [5.74, 6) is -1.09. The number of hydrogen-bond donors (Lipinski definition) is 2. The lowest BCUT2D eigenvalue weighted by molar-refractivity contribution is -0.121. The van der Waals surface area contributed by atoms with E-state index in [1.54, 1.807) is 12.1 Å². The fourth-order valence-corrected chi connectivity index (χ4v) is 2.78. The van der Waals surface area contributed by atoms with E-state index in [-0.39, 0.29) is 23.9 Å². The summed E-state index contributed by atoms with van der Waals surface area (Å²) in [4.78, 5) is 23.1. The summed E-state index contributed by atoms with van der Waals surface area (Å²) in [7, 11) is 0. The highest BCUT2D eigenvalue weighted by Gasteiger charge is 2.11. The summed E-state index contributed by atoms with van der Waals surface area (Å²) in [6.07, 6.45) is 0.950. The van der Waals surface area contributed by atoms with Crippen LogP contribution < -0.4 is 5.32 Å². The zero-order valence-electron chi connectivity index (χ0n) is 14.3. The number of amides is 1. The molecule has 126 valence electrons. The minimum absolute atomic E-state index is 0.0153. The highest BCUT2D eigenvalue weighted by molar-refractivity contribution is 5.88. The first-order valence-corrected chi connectivity index (χ1v) is 8.03. The van der Waals surface area contributed by atoms with Crippen LogP contribution in [0.15, 0.2) is 42.5 Å². The van der Waals surface area contributed by atoms with Crippen molar-refractivity contribution in [2.75, 3.05) is 0 Å². The summed E-state index contributed by atoms with van der Waals surface area (Å²) in [6.45, 7) is 6.12. The molecule has 0 saturated heterocycles. The summed E-state index contributed by atoms with van der Waals surface area (Å²) in [6, 6.07) is 12.8. The van der Waals surface area contributed by atoms with Crippen molar-refractivity contribution in [2.45, 2.75) is 39.7 Å². The van der Waals surface area contributed by atoms with Crippen molar-refractivity contribution in [3.63, 3.8) is 0 Å². The van der Waals surface area contributed by atoms with Gasteiger partial charge >= 0.3 is 5.97 Å². The maximum absolute atomic E-state index is 12.2. The van der Waals surface area contributed by atoms with Gasteiger partial charge in [-0.2, -0.15) is 0 Å². The van der Waals surface area contributed by atoms with Crippen molar-refractivity contribution in [1.82, 2.24) is 5.32 Å². The van der Waals surface area contributed by atoms with E-state index in [1.807, 2.05) is 6.92 Å². The smallest absolute Gasteiger partial charge is 0.335 e. The molecular formula is C20H23NO3. The molecule has 0 saturated carbocycles. The third-order valence-electron chi connectivity index (χ3n) is 3.97. The molecule has 0 aliphatic heterocycles. The zero-order chi connectivity index (χ0) is 17.7. The van der Waals surface area contributed by atoms with Crippen molar-refractivity contribution in [1.29, 1.82) is 0 Å². The molecule has 4 nitrogen and oxygen atoms in total. The molecule has 0 aliphatic carbocycles. The second kappa shape index (κ2) is 7.77. The highest BCUT2D eigenvalue weighted by atomic mass is 16.4. The van der Waals surface area contributed by atoms with Gasteiger partial charge in [0, 0.05) is 6.04 Å². The number of carbonyl (C=O) groups excluding carboxylic acids is 1. The largest absolute Gasteiger partial charge is 0.478 e. The maximum Gasteiger partial charge on any atom is 0.335 e. The molecule has 4 heteroatoms. The van der Waals surface area contributed by atoms with Crippen LogP contribution in [0.1, 0.15) is 39.5 Å². The minimum atomic E-state index is -0.986. The number of carbonyl (C=O) groups is 2. The fraction of sp³-hybridized carbons (Fsp3) is 0.300. The van der Waals surface area contributed by atoms with Gasteiger partial charge in [0.2, 0.25) is 5.91 Å². The number of hydrogen-bond acceptors (Lipinski definition) is 2. The Bertz CT molecular complexity index is 752. The van der Waals surface area contributed by atoms with Crippen molar-refractivity contribution in [2.24, 2.45) is 0 Å². The van der Waals surface area contributed by atoms with Gasteiger partial charge in [-0.1, -0.05) is 35.9 Å². The van der Waals surface area contributed by atoms with Crippen LogP contribution in [0.3, 0.4) is 0 Å². The predicted molar refractivity (Wildman–Crippen MR) is 94.3 cm³/mol. The normalized spacial score (nSPS) is 11.8. The maximum atomic E-state index is 12.2. The predicted octanol–water partition coefficient (Wildman–Crippen LogP) is 3.29. The first-order chi connectivity index (χ1) is 11.3. The van der Waals surface area contributed by atoms with Gasteiger partial charge in [0.1, 0.15) is 0 Å². The Labute approximate surface area is 142 Å². The molecule has 0 aliphatic rings. The van der Waals surface area contributed by atoms with Crippen LogP contribution in [0.5, 0.6) is 0 Å². The minimum Gasteiger partial charge on any atom is -0.478 e. The molecule has 2 aromatic carbocycles. The van der Waals surface area contributed by atoms with Crippen molar-refractivity contribution < 1.29 is 14.7 Å². The topological polar surface area (TPSA) is 66.4 Å². The van der Waals surface area contributed by atoms with Gasteiger partial charge in [0.25, 0.3) is 0 Å². The Balaban J connectivity index is 1.94. The van der Waals surface area contributed by atoms with Crippen LogP contribution >= 0.6 is 0 Å². The van der Waals surface area contributed by atoms with Crippen LogP contribution in [0, 0.1) is 13.8 Å². The number of benzene rings is 2. The van der Waals surface area contributed by atoms with Gasteiger partial charge in [0.05, 0.1) is 12.0 Å². The van der Waals surface area contributed by atoms with Crippen LogP contribution in [-0.4, -0.2) is 23.0 Å². The van der Waals surface area contributed by atoms with Crippen molar-refractivity contribution in [3.8, 4) is 0 Å². The summed E-state index contributed by atoms with van der Waals surface area (Å²) < 4.78 is 0. The number of nitrogens with one attached hydrogen (secondary N) is 1. The average molecular weight is 325 g/mol. The molecule has 1 atom stereocenters. The van der Waals surface area contributed by atoms with E-state index >= 15 is 0 Å². The third kappa shape index (κ3) is 4.95. The number of aryl methyl sites for hydroxylation is 2. The zero-order valence-corrected chi connectivity index (χ0v) is 14.3. The molecule has 2 aromatic rings. The van der Waals surface area contributed by atoms with Gasteiger partial charge < -0.3 is 10.4 Å². The van der Waals surface area contributed by atoms with Crippen LogP contribution in [-0.2, 0) is 17.6 Å². The summed E-state index contributed by atoms with van der Waals surface area (Å²) in [5, 5.41) is 12.0. The molecular weight excluding hydrogens is 302 g/mol. The van der Waals surface area contributed by atoms with E-state index in [0.29, 0.717) is 5.56 Å². The van der Waals surface area contributed by atoms with Crippen LogP contribution in [0.25, 0.3) is 0 Å². The van der Waals surface area contributed by atoms with E-state index in [2.05, 4.69) is 37.4 Å². The molecule has 0 aromatic heterocycles. The Morgan fingerprint density at radius 3 is 2.54 bits per heavy atom. The van der Waals surface area contributed by atoms with E-state index < -0.39 is 5.97 Å². The monoisotopic (exact) mass is 325 g/mol. The first kappa shape index (κ1) is 17.7. The first-order valence-electron chi connectivity index (χ1n) is 8.03. The molecule has 0 radical (unpaired) electrons. The number of aromatic carboxylic acids is 1. The number of rotatable bonds is 6. The highest BCUT2D eigenvalue weighted by Crippen LogP contribution is 2.13. The molecule has 24 heavy (non-hydrogen) atoms. The second-order valence-electron chi connectivity index (χ2n) is 6.28. The van der Waals surface area contributed by atoms with E-state index in [4.69, 9.17) is 5.11 Å². The molecule has 2 N–H and O–H groups in total. The summed E-state index contributed by atoms with van der Waals surface area (Å²) in [5.41, 5.74) is 4.58. The van der Waals surface area contributed by atoms with Gasteiger partial charge in [-0.15, -0.1) is 0 Å². The van der Waals surface area contributed by atoms with Gasteiger partial charge in [-0.25, -0.2) is 4.79 Å². The number of carboxylic acid groups (broad SMARTS) is 1. The lowest BCUT2D eigenvalue weighted by Gasteiger charge is -2.16. The van der Waals surface area contributed by atoms with Crippen LogP contribution in [0.2, 0.25) is 0 Å². The Morgan fingerprint density at radius 2 is 1.88 bits per heavy atom. The fourth-order valence-electron chi connectivity index (χ4n) is 2.78. The van der Waals surface area contributed by atoms with Crippen molar-refractivity contribution >= 4 is 11.9 Å². The average Bonchev–Trinajstić information content (AvgIpc) is 2.50. The lowest BCUT2D eigenvalue weighted by atomic mass is 9.99. The standard InChI is InChI=1S/C20H23NO3/c1-13-7-8-17(14(2)9-13)10-15(3)21-19(22)12-16-5-4-6-18(11-16)20(23)24/h4-9,11,15H,10,12H2,1-3H3,(H,21,22)(H,23,24). The Morgan fingerprint density at radius 1 is 1.12 bits per heavy atom. The Kier molecular flexibility index (Phi) is 5.74. The van der Waals surface area contributed by atoms with Gasteiger partial charge in [0.15, 0.2) is 0 Å². The molecule has 0 fully saturated rings. The quantitative estimate of drug-likeness (QED) is 0.856. The molecule has 1 unspecified atom stereocenters. The van der Waals surface area contributed by atoms with E-state index in [1.165, 1.54) is 28.8 Å². The molecule has 0 heterocycles. The molecule has 0 bridgehead atoms. The third-order valence-corrected chi connectivity index (χ3v) is 3.97. The summed E-state index contributed by atoms with van der Waals surface area (Å²) >= 11 is 0. The lowest BCUT2D eigenvalue weighted by Crippen LogP contribution is -2.35. The van der Waals surface area contributed by atoms with E-state index in [0.717, 1.165) is 6.42 Å². The van der Waals surface area contributed by atoms with E-state index in [9.17, 15) is 9.59 Å². The van der Waals surface area contributed by atoms with Crippen molar-refractivity contribution in [3.05, 3.63) is 70.3 Å². The number of carboxylic acids is 1. The SMILES string of the molecule is Cc1ccc(CC(C)NC(=O)Cc2cccc(C(=O)O)c2)c(C)c1. The Hall–Kier alpha value is -2.62. The molecule has 0 spiro atoms. The molecule has 1 amide bonds. The molecule has 2 rings (SSSR count).